The van der Waals surface area contributed by atoms with E-state index in [-0.39, 0.29) is 5.82 Å². The molecule has 0 atom stereocenters. The van der Waals surface area contributed by atoms with Crippen LogP contribution in [0, 0.1) is 5.82 Å². The van der Waals surface area contributed by atoms with E-state index in [9.17, 15) is 4.39 Å². The van der Waals surface area contributed by atoms with Gasteiger partial charge in [-0.25, -0.2) is 4.39 Å². The zero-order valence-corrected chi connectivity index (χ0v) is 12.0. The van der Waals surface area contributed by atoms with Crippen molar-refractivity contribution < 1.29 is 9.13 Å². The molecule has 0 amide bonds. The molecule has 0 spiro atoms. The largest absolute Gasteiger partial charge is 0.377 e. The van der Waals surface area contributed by atoms with Crippen LogP contribution < -0.4 is 5.32 Å². The van der Waals surface area contributed by atoms with E-state index in [4.69, 9.17) is 4.74 Å². The Balaban J connectivity index is 1.90. The molecule has 1 N–H and O–H groups in total. The van der Waals surface area contributed by atoms with Crippen LogP contribution in [0.25, 0.3) is 0 Å². The number of hydrogen-bond acceptors (Lipinski definition) is 2. The lowest BCUT2D eigenvalue weighted by molar-refractivity contribution is 0.114. The molecule has 0 aliphatic heterocycles. The molecule has 1 aromatic carbocycles. The molecule has 1 aromatic rings. The van der Waals surface area contributed by atoms with Crippen LogP contribution in [-0.2, 0) is 11.3 Å². The van der Waals surface area contributed by atoms with Crippen LogP contribution in [0.4, 0.5) is 4.39 Å². The molecule has 2 nitrogen and oxygen atoms in total. The minimum Gasteiger partial charge on any atom is -0.377 e. The predicted octanol–water partition coefficient (Wildman–Crippen LogP) is 3.90. The van der Waals surface area contributed by atoms with Crippen molar-refractivity contribution in [2.24, 2.45) is 0 Å². The Morgan fingerprint density at radius 3 is 2.63 bits per heavy atom. The SMILES string of the molecule is CCCNCCCCCCOCc1ccccc1F. The molecule has 0 bridgehead atoms. The second-order valence-corrected chi connectivity index (χ2v) is 4.81. The first-order valence-electron chi connectivity index (χ1n) is 7.36. The quantitative estimate of drug-likeness (QED) is 0.614. The van der Waals surface area contributed by atoms with Gasteiger partial charge in [0.15, 0.2) is 0 Å². The van der Waals surface area contributed by atoms with Crippen molar-refractivity contribution in [2.75, 3.05) is 19.7 Å². The number of unbranched alkanes of at least 4 members (excludes halogenated alkanes) is 3. The van der Waals surface area contributed by atoms with Crippen molar-refractivity contribution >= 4 is 0 Å². The average Bonchev–Trinajstić information content (AvgIpc) is 2.43. The molecule has 108 valence electrons. The van der Waals surface area contributed by atoms with Crippen LogP contribution >= 0.6 is 0 Å². The van der Waals surface area contributed by atoms with Crippen LogP contribution in [-0.4, -0.2) is 19.7 Å². The van der Waals surface area contributed by atoms with Gasteiger partial charge in [0.25, 0.3) is 0 Å². The molecule has 3 heteroatoms. The third-order valence-electron chi connectivity index (χ3n) is 3.03. The van der Waals surface area contributed by atoms with Gasteiger partial charge in [-0.15, -0.1) is 0 Å². The van der Waals surface area contributed by atoms with E-state index in [1.807, 2.05) is 6.07 Å². The molecule has 0 fully saturated rings. The van der Waals surface area contributed by atoms with Gasteiger partial charge in [0.1, 0.15) is 5.82 Å². The van der Waals surface area contributed by atoms with Crippen molar-refractivity contribution in [1.29, 1.82) is 0 Å². The summed E-state index contributed by atoms with van der Waals surface area (Å²) < 4.78 is 18.8. The maximum absolute atomic E-state index is 13.3. The van der Waals surface area contributed by atoms with Gasteiger partial charge in [0.05, 0.1) is 6.61 Å². The van der Waals surface area contributed by atoms with Gasteiger partial charge in [0, 0.05) is 12.2 Å². The minimum atomic E-state index is -0.176. The van der Waals surface area contributed by atoms with E-state index in [0.717, 1.165) is 26.1 Å². The van der Waals surface area contributed by atoms with Crippen LogP contribution in [0.5, 0.6) is 0 Å². The van der Waals surface area contributed by atoms with Crippen molar-refractivity contribution in [3.63, 3.8) is 0 Å². The van der Waals surface area contributed by atoms with Crippen LogP contribution in [0.15, 0.2) is 24.3 Å². The van der Waals surface area contributed by atoms with E-state index in [1.54, 1.807) is 12.1 Å². The number of benzene rings is 1. The highest BCUT2D eigenvalue weighted by Crippen LogP contribution is 2.08. The Morgan fingerprint density at radius 1 is 1.05 bits per heavy atom. The fourth-order valence-electron chi connectivity index (χ4n) is 1.91. The van der Waals surface area contributed by atoms with E-state index in [2.05, 4.69) is 12.2 Å². The van der Waals surface area contributed by atoms with E-state index in [0.29, 0.717) is 12.2 Å². The van der Waals surface area contributed by atoms with Gasteiger partial charge >= 0.3 is 0 Å². The number of rotatable bonds is 11. The summed E-state index contributed by atoms with van der Waals surface area (Å²) >= 11 is 0. The third kappa shape index (κ3) is 7.96. The Labute approximate surface area is 116 Å². The lowest BCUT2D eigenvalue weighted by Crippen LogP contribution is -2.15. The molecule has 0 aliphatic carbocycles. The number of hydrogen-bond donors (Lipinski definition) is 1. The van der Waals surface area contributed by atoms with Gasteiger partial charge in [0.2, 0.25) is 0 Å². The van der Waals surface area contributed by atoms with Crippen LogP contribution in [0.3, 0.4) is 0 Å². The molecule has 0 aliphatic rings. The van der Waals surface area contributed by atoms with Gasteiger partial charge in [-0.2, -0.15) is 0 Å². The molecule has 0 radical (unpaired) electrons. The van der Waals surface area contributed by atoms with Crippen molar-refractivity contribution in [3.05, 3.63) is 35.6 Å². The molecule has 0 unspecified atom stereocenters. The number of halogens is 1. The van der Waals surface area contributed by atoms with E-state index < -0.39 is 0 Å². The molecule has 0 saturated carbocycles. The maximum atomic E-state index is 13.3. The predicted molar refractivity (Wildman–Crippen MR) is 77.7 cm³/mol. The average molecular weight is 267 g/mol. The topological polar surface area (TPSA) is 21.3 Å². The zero-order chi connectivity index (χ0) is 13.8. The second kappa shape index (κ2) is 10.9. The summed E-state index contributed by atoms with van der Waals surface area (Å²) in [6.45, 7) is 5.51. The summed E-state index contributed by atoms with van der Waals surface area (Å²) in [4.78, 5) is 0. The molecular formula is C16H26FNO. The fourth-order valence-corrected chi connectivity index (χ4v) is 1.91. The first-order chi connectivity index (χ1) is 9.34. The number of ether oxygens (including phenoxy) is 1. The fraction of sp³-hybridized carbons (Fsp3) is 0.625. The Morgan fingerprint density at radius 2 is 1.84 bits per heavy atom. The minimum absolute atomic E-state index is 0.176. The maximum Gasteiger partial charge on any atom is 0.128 e. The summed E-state index contributed by atoms with van der Waals surface area (Å²) in [7, 11) is 0. The normalized spacial score (nSPS) is 10.8. The lowest BCUT2D eigenvalue weighted by Gasteiger charge is -2.06. The van der Waals surface area contributed by atoms with Crippen molar-refractivity contribution in [3.8, 4) is 0 Å². The highest BCUT2D eigenvalue weighted by Gasteiger charge is 1.99. The van der Waals surface area contributed by atoms with Gasteiger partial charge in [-0.05, 0) is 38.4 Å². The second-order valence-electron chi connectivity index (χ2n) is 4.81. The molecule has 0 aromatic heterocycles. The number of nitrogens with one attached hydrogen (secondary N) is 1. The lowest BCUT2D eigenvalue weighted by atomic mass is 10.2. The van der Waals surface area contributed by atoms with Gasteiger partial charge < -0.3 is 10.1 Å². The Hall–Kier alpha value is -0.930. The smallest absolute Gasteiger partial charge is 0.128 e. The van der Waals surface area contributed by atoms with Crippen LogP contribution in [0.2, 0.25) is 0 Å². The summed E-state index contributed by atoms with van der Waals surface area (Å²) in [6.07, 6.45) is 5.91. The van der Waals surface area contributed by atoms with Crippen molar-refractivity contribution in [1.82, 2.24) is 5.32 Å². The molecule has 1 rings (SSSR count). The zero-order valence-electron chi connectivity index (χ0n) is 12.0. The van der Waals surface area contributed by atoms with E-state index >= 15 is 0 Å². The molecule has 19 heavy (non-hydrogen) atoms. The first-order valence-corrected chi connectivity index (χ1v) is 7.36. The standard InChI is InChI=1S/C16H26FNO/c1-2-11-18-12-7-3-4-8-13-19-14-15-9-5-6-10-16(15)17/h5-6,9-10,18H,2-4,7-8,11-14H2,1H3. The summed E-state index contributed by atoms with van der Waals surface area (Å²) in [5, 5.41) is 3.39. The molecular weight excluding hydrogens is 241 g/mol. The third-order valence-corrected chi connectivity index (χ3v) is 3.03. The highest BCUT2D eigenvalue weighted by atomic mass is 19.1. The molecule has 0 heterocycles. The Bertz CT molecular complexity index is 330. The van der Waals surface area contributed by atoms with Crippen LogP contribution in [0.1, 0.15) is 44.6 Å². The summed E-state index contributed by atoms with van der Waals surface area (Å²) in [5.74, 6) is -0.176. The van der Waals surface area contributed by atoms with Gasteiger partial charge in [-0.1, -0.05) is 38.0 Å². The molecule has 0 saturated heterocycles. The summed E-state index contributed by atoms with van der Waals surface area (Å²) in [5.41, 5.74) is 0.645. The van der Waals surface area contributed by atoms with Gasteiger partial charge in [-0.3, -0.25) is 0 Å². The van der Waals surface area contributed by atoms with E-state index in [1.165, 1.54) is 31.7 Å². The Kier molecular flexibility index (Phi) is 9.29. The highest BCUT2D eigenvalue weighted by molar-refractivity contribution is 5.16. The first kappa shape index (κ1) is 16.1. The summed E-state index contributed by atoms with van der Waals surface area (Å²) in [6, 6.07) is 6.78. The monoisotopic (exact) mass is 267 g/mol. The van der Waals surface area contributed by atoms with Crippen molar-refractivity contribution in [2.45, 2.75) is 45.6 Å².